The van der Waals surface area contributed by atoms with Crippen LogP contribution >= 0.6 is 12.4 Å². The van der Waals surface area contributed by atoms with Gasteiger partial charge in [0.05, 0.1) is 5.56 Å². The zero-order valence-electron chi connectivity index (χ0n) is 16.7. The second kappa shape index (κ2) is 11.0. The maximum Gasteiger partial charge on any atom is 0.416 e. The topological polar surface area (TPSA) is 12.5 Å². The van der Waals surface area contributed by atoms with Crippen molar-refractivity contribution >= 4 is 12.4 Å². The zero-order valence-corrected chi connectivity index (χ0v) is 17.5. The maximum absolute atomic E-state index is 12.8. The van der Waals surface area contributed by atoms with Gasteiger partial charge in [0.1, 0.15) is 11.9 Å². The van der Waals surface area contributed by atoms with E-state index in [4.69, 9.17) is 4.74 Å². The summed E-state index contributed by atoms with van der Waals surface area (Å²) >= 11 is 0. The molecule has 3 aromatic carbocycles. The van der Waals surface area contributed by atoms with Crippen molar-refractivity contribution in [2.75, 3.05) is 13.6 Å². The van der Waals surface area contributed by atoms with Crippen LogP contribution in [0, 0.1) is 0 Å². The van der Waals surface area contributed by atoms with Gasteiger partial charge >= 0.3 is 6.18 Å². The number of alkyl halides is 3. The van der Waals surface area contributed by atoms with Gasteiger partial charge in [0.25, 0.3) is 0 Å². The van der Waals surface area contributed by atoms with Crippen LogP contribution in [0.1, 0.15) is 29.2 Å². The Morgan fingerprint density at radius 3 is 1.97 bits per heavy atom. The van der Waals surface area contributed by atoms with E-state index in [1.165, 1.54) is 17.7 Å². The highest BCUT2D eigenvalue weighted by Crippen LogP contribution is 2.32. The number of halogens is 4. The van der Waals surface area contributed by atoms with E-state index in [0.29, 0.717) is 12.2 Å². The number of nitrogens with zero attached hydrogens (tertiary/aromatic N) is 1. The first-order chi connectivity index (χ1) is 13.9. The lowest BCUT2D eigenvalue weighted by molar-refractivity contribution is -0.137. The Bertz CT molecular complexity index is 870. The molecule has 3 rings (SSSR count). The van der Waals surface area contributed by atoms with E-state index in [-0.39, 0.29) is 18.5 Å². The fourth-order valence-corrected chi connectivity index (χ4v) is 3.16. The van der Waals surface area contributed by atoms with Crippen LogP contribution in [-0.2, 0) is 12.7 Å². The van der Waals surface area contributed by atoms with Gasteiger partial charge in [0.2, 0.25) is 0 Å². The lowest BCUT2D eigenvalue weighted by Crippen LogP contribution is -2.22. The monoisotopic (exact) mass is 435 g/mol. The molecule has 0 radical (unpaired) electrons. The van der Waals surface area contributed by atoms with Crippen molar-refractivity contribution in [2.24, 2.45) is 0 Å². The summed E-state index contributed by atoms with van der Waals surface area (Å²) in [6.45, 7) is 1.61. The first-order valence-electron chi connectivity index (χ1n) is 9.53. The van der Waals surface area contributed by atoms with E-state index in [9.17, 15) is 13.2 Å². The van der Waals surface area contributed by atoms with Crippen LogP contribution in [0.4, 0.5) is 13.2 Å². The average Bonchev–Trinajstić information content (AvgIpc) is 2.72. The minimum atomic E-state index is -4.35. The molecule has 0 aliphatic carbocycles. The Labute approximate surface area is 181 Å². The van der Waals surface area contributed by atoms with Gasteiger partial charge in [0, 0.05) is 19.5 Å². The first kappa shape index (κ1) is 23.8. The third kappa shape index (κ3) is 7.08. The highest BCUT2D eigenvalue weighted by atomic mass is 35.5. The fourth-order valence-electron chi connectivity index (χ4n) is 3.16. The molecule has 3 aromatic rings. The lowest BCUT2D eigenvalue weighted by Gasteiger charge is -2.23. The molecular weight excluding hydrogens is 411 g/mol. The van der Waals surface area contributed by atoms with Crippen LogP contribution in [0.25, 0.3) is 0 Å². The van der Waals surface area contributed by atoms with Crippen LogP contribution in [-0.4, -0.2) is 18.5 Å². The van der Waals surface area contributed by atoms with E-state index in [1.54, 1.807) is 0 Å². The molecule has 0 aromatic heterocycles. The van der Waals surface area contributed by atoms with Gasteiger partial charge < -0.3 is 9.64 Å². The minimum Gasteiger partial charge on any atom is -0.486 e. The third-order valence-electron chi connectivity index (χ3n) is 4.70. The first-order valence-corrected chi connectivity index (χ1v) is 9.53. The largest absolute Gasteiger partial charge is 0.486 e. The van der Waals surface area contributed by atoms with Crippen LogP contribution in [0.5, 0.6) is 5.75 Å². The van der Waals surface area contributed by atoms with Crippen LogP contribution in [0.3, 0.4) is 0 Å². The van der Waals surface area contributed by atoms with Gasteiger partial charge in [-0.1, -0.05) is 60.7 Å². The lowest BCUT2D eigenvalue weighted by atomic mass is 10.1. The molecule has 0 spiro atoms. The zero-order chi connectivity index (χ0) is 20.7. The normalized spacial score (nSPS) is 12.3. The minimum absolute atomic E-state index is 0. The fraction of sp³-hybridized carbons (Fsp3) is 0.250. The van der Waals surface area contributed by atoms with E-state index >= 15 is 0 Å². The molecule has 6 heteroatoms. The highest BCUT2D eigenvalue weighted by Gasteiger charge is 2.30. The molecule has 1 atom stereocenters. The molecule has 30 heavy (non-hydrogen) atoms. The molecule has 0 N–H and O–H groups in total. The molecule has 0 heterocycles. The van der Waals surface area contributed by atoms with Gasteiger partial charge in [-0.3, -0.25) is 0 Å². The number of rotatable bonds is 8. The molecule has 0 amide bonds. The second-order valence-corrected chi connectivity index (χ2v) is 7.05. The third-order valence-corrected chi connectivity index (χ3v) is 4.70. The average molecular weight is 436 g/mol. The molecule has 0 fully saturated rings. The Morgan fingerprint density at radius 2 is 1.40 bits per heavy atom. The number of hydrogen-bond acceptors (Lipinski definition) is 2. The smallest absolute Gasteiger partial charge is 0.416 e. The van der Waals surface area contributed by atoms with Gasteiger partial charge in [-0.25, -0.2) is 0 Å². The van der Waals surface area contributed by atoms with Crippen molar-refractivity contribution in [1.29, 1.82) is 0 Å². The molecule has 0 bridgehead atoms. The van der Waals surface area contributed by atoms with Crippen molar-refractivity contribution in [3.8, 4) is 5.75 Å². The van der Waals surface area contributed by atoms with Crippen LogP contribution in [0.2, 0.25) is 0 Å². The summed E-state index contributed by atoms with van der Waals surface area (Å²) in [5.74, 6) is 0.428. The quantitative estimate of drug-likeness (QED) is 0.387. The standard InChI is InChI=1S/C24H24F3NO.ClH/c1-28(18-19-8-4-2-5-9-19)17-16-23(20-10-6-3-7-11-20)29-22-14-12-21(13-15-22)24(25,26)27;/h2-15,23H,16-18H2,1H3;1H. The van der Waals surface area contributed by atoms with Gasteiger partial charge in [0.15, 0.2) is 0 Å². The van der Waals surface area contributed by atoms with E-state index in [1.807, 2.05) is 55.6 Å². The summed E-state index contributed by atoms with van der Waals surface area (Å²) in [7, 11) is 2.05. The van der Waals surface area contributed by atoms with E-state index in [0.717, 1.165) is 30.8 Å². The summed E-state index contributed by atoms with van der Waals surface area (Å²) in [6, 6.07) is 24.8. The Kier molecular flexibility index (Phi) is 8.75. The highest BCUT2D eigenvalue weighted by molar-refractivity contribution is 5.85. The summed E-state index contributed by atoms with van der Waals surface area (Å²) in [5, 5.41) is 0. The van der Waals surface area contributed by atoms with Crippen molar-refractivity contribution < 1.29 is 17.9 Å². The van der Waals surface area contributed by atoms with Crippen molar-refractivity contribution in [2.45, 2.75) is 25.2 Å². The molecule has 0 saturated carbocycles. The van der Waals surface area contributed by atoms with Crippen LogP contribution < -0.4 is 4.74 Å². The maximum atomic E-state index is 12.8. The molecule has 0 aliphatic heterocycles. The molecule has 2 nitrogen and oxygen atoms in total. The van der Waals surface area contributed by atoms with Crippen LogP contribution in [0.15, 0.2) is 84.9 Å². The van der Waals surface area contributed by atoms with Gasteiger partial charge in [-0.15, -0.1) is 12.4 Å². The summed E-state index contributed by atoms with van der Waals surface area (Å²) in [6.07, 6.45) is -3.88. The van der Waals surface area contributed by atoms with Crippen molar-refractivity contribution in [3.63, 3.8) is 0 Å². The van der Waals surface area contributed by atoms with Gasteiger partial charge in [-0.2, -0.15) is 13.2 Å². The molecule has 0 saturated heterocycles. The van der Waals surface area contributed by atoms with Crippen molar-refractivity contribution in [3.05, 3.63) is 102 Å². The van der Waals surface area contributed by atoms with Crippen molar-refractivity contribution in [1.82, 2.24) is 4.90 Å². The predicted octanol–water partition coefficient (Wildman–Crippen LogP) is 6.77. The molecule has 160 valence electrons. The molecule has 1 unspecified atom stereocenters. The Morgan fingerprint density at radius 1 is 0.833 bits per heavy atom. The second-order valence-electron chi connectivity index (χ2n) is 7.05. The summed E-state index contributed by atoms with van der Waals surface area (Å²) in [4.78, 5) is 2.21. The molecule has 0 aliphatic rings. The number of hydrogen-bond donors (Lipinski definition) is 0. The summed E-state index contributed by atoms with van der Waals surface area (Å²) < 4.78 is 44.4. The van der Waals surface area contributed by atoms with Gasteiger partial charge in [-0.05, 0) is 42.4 Å². The molecular formula is C24H25ClF3NO. The predicted molar refractivity (Wildman–Crippen MR) is 116 cm³/mol. The van der Waals surface area contributed by atoms with E-state index < -0.39 is 11.7 Å². The SMILES string of the molecule is CN(CCC(Oc1ccc(C(F)(F)F)cc1)c1ccccc1)Cc1ccccc1.Cl. The Balaban J connectivity index is 0.00000320. The summed E-state index contributed by atoms with van der Waals surface area (Å²) in [5.41, 5.74) is 1.55. The number of ether oxygens (including phenoxy) is 1. The number of benzene rings is 3. The van der Waals surface area contributed by atoms with E-state index in [2.05, 4.69) is 17.0 Å². The Hall–Kier alpha value is -2.50.